The zero-order valence-corrected chi connectivity index (χ0v) is 12.5. The molecule has 1 amide bonds. The number of aryl methyl sites for hydroxylation is 2. The molecule has 2 heterocycles. The second-order valence-electron chi connectivity index (χ2n) is 5.23. The molecular formula is C16H15FN4O. The molecule has 3 aromatic rings. The number of nitrogens with one attached hydrogen (secondary N) is 2. The summed E-state index contributed by atoms with van der Waals surface area (Å²) in [5.41, 5.74) is 3.97. The Bertz CT molecular complexity index is 885. The Labute approximate surface area is 126 Å². The van der Waals surface area contributed by atoms with E-state index in [1.807, 2.05) is 19.9 Å². The van der Waals surface area contributed by atoms with Crippen molar-refractivity contribution in [3.05, 3.63) is 41.6 Å². The highest BCUT2D eigenvalue weighted by atomic mass is 19.1. The number of hydrogen-bond donors (Lipinski definition) is 2. The molecule has 0 aliphatic carbocycles. The molecule has 0 aliphatic heterocycles. The minimum absolute atomic E-state index is 0.161. The molecule has 0 spiro atoms. The summed E-state index contributed by atoms with van der Waals surface area (Å²) in [7, 11) is 0. The summed E-state index contributed by atoms with van der Waals surface area (Å²) in [6.45, 7) is 5.17. The van der Waals surface area contributed by atoms with Crippen molar-refractivity contribution < 1.29 is 9.18 Å². The maximum absolute atomic E-state index is 14.1. The summed E-state index contributed by atoms with van der Waals surface area (Å²) in [5.74, 6) is -0.821. The second kappa shape index (κ2) is 5.22. The highest BCUT2D eigenvalue weighted by Crippen LogP contribution is 2.28. The number of pyridine rings is 1. The molecule has 1 aromatic carbocycles. The van der Waals surface area contributed by atoms with Crippen LogP contribution in [0.1, 0.15) is 18.2 Å². The topological polar surface area (TPSA) is 70.7 Å². The first-order valence-corrected chi connectivity index (χ1v) is 6.84. The Balaban J connectivity index is 2.19. The molecule has 6 heteroatoms. The molecule has 0 radical (unpaired) electrons. The number of hydrogen-bond acceptors (Lipinski definition) is 3. The lowest BCUT2D eigenvalue weighted by molar-refractivity contribution is -0.114. The summed E-state index contributed by atoms with van der Waals surface area (Å²) >= 11 is 0. The number of anilines is 1. The highest BCUT2D eigenvalue weighted by molar-refractivity contribution is 5.94. The van der Waals surface area contributed by atoms with Crippen molar-refractivity contribution >= 4 is 22.5 Å². The van der Waals surface area contributed by atoms with Crippen LogP contribution in [0.3, 0.4) is 0 Å². The van der Waals surface area contributed by atoms with Crippen LogP contribution in [0.5, 0.6) is 0 Å². The fourth-order valence-corrected chi connectivity index (χ4v) is 2.44. The van der Waals surface area contributed by atoms with Crippen molar-refractivity contribution in [3.8, 4) is 11.4 Å². The molecular weight excluding hydrogens is 283 g/mol. The van der Waals surface area contributed by atoms with E-state index in [1.54, 1.807) is 12.4 Å². The van der Waals surface area contributed by atoms with Crippen LogP contribution in [0, 0.1) is 19.7 Å². The number of nitrogens with zero attached hydrogens (tertiary/aromatic N) is 2. The normalized spacial score (nSPS) is 10.9. The average molecular weight is 298 g/mol. The monoisotopic (exact) mass is 298 g/mol. The number of carbonyl (C=O) groups is 1. The van der Waals surface area contributed by atoms with Gasteiger partial charge in [0, 0.05) is 24.1 Å². The van der Waals surface area contributed by atoms with Crippen molar-refractivity contribution in [2.75, 3.05) is 5.32 Å². The lowest BCUT2D eigenvalue weighted by Gasteiger charge is -2.09. The van der Waals surface area contributed by atoms with E-state index >= 15 is 0 Å². The number of aromatic nitrogens is 3. The van der Waals surface area contributed by atoms with Gasteiger partial charge in [-0.3, -0.25) is 4.79 Å². The number of imidazole rings is 1. The van der Waals surface area contributed by atoms with E-state index in [1.165, 1.54) is 13.0 Å². The fraction of sp³-hybridized carbons (Fsp3) is 0.188. The van der Waals surface area contributed by atoms with Crippen LogP contribution < -0.4 is 5.32 Å². The van der Waals surface area contributed by atoms with Crippen LogP contribution in [-0.4, -0.2) is 20.9 Å². The Kier molecular flexibility index (Phi) is 3.36. The number of halogens is 1. The minimum Gasteiger partial charge on any atom is -0.348 e. The molecule has 0 atom stereocenters. The second-order valence-corrected chi connectivity index (χ2v) is 5.23. The van der Waals surface area contributed by atoms with Gasteiger partial charge in [0.1, 0.15) is 11.5 Å². The molecule has 0 saturated carbocycles. The van der Waals surface area contributed by atoms with Gasteiger partial charge in [0.25, 0.3) is 0 Å². The van der Waals surface area contributed by atoms with Crippen molar-refractivity contribution in [1.29, 1.82) is 0 Å². The summed E-state index contributed by atoms with van der Waals surface area (Å²) in [6.07, 6.45) is 1.60. The molecule has 2 aromatic heterocycles. The maximum Gasteiger partial charge on any atom is 0.221 e. The zero-order chi connectivity index (χ0) is 15.9. The predicted molar refractivity (Wildman–Crippen MR) is 83.1 cm³/mol. The van der Waals surface area contributed by atoms with Gasteiger partial charge < -0.3 is 10.3 Å². The number of benzene rings is 1. The Morgan fingerprint density at radius 2 is 2.05 bits per heavy atom. The molecule has 0 bridgehead atoms. The van der Waals surface area contributed by atoms with Gasteiger partial charge in [0.15, 0.2) is 0 Å². The fourth-order valence-electron chi connectivity index (χ4n) is 2.44. The van der Waals surface area contributed by atoms with Crippen molar-refractivity contribution in [3.63, 3.8) is 0 Å². The van der Waals surface area contributed by atoms with Crippen molar-refractivity contribution in [2.45, 2.75) is 20.8 Å². The van der Waals surface area contributed by atoms with Gasteiger partial charge in [-0.1, -0.05) is 0 Å². The lowest BCUT2D eigenvalue weighted by Crippen LogP contribution is -2.07. The van der Waals surface area contributed by atoms with Gasteiger partial charge in [-0.15, -0.1) is 0 Å². The minimum atomic E-state index is -0.509. The molecule has 0 saturated heterocycles. The predicted octanol–water partition coefficient (Wildman–Crippen LogP) is 3.34. The average Bonchev–Trinajstić information content (AvgIpc) is 2.86. The third kappa shape index (κ3) is 2.43. The number of aromatic amines is 1. The maximum atomic E-state index is 14.1. The van der Waals surface area contributed by atoms with Gasteiger partial charge >= 0.3 is 0 Å². The first kappa shape index (κ1) is 14.2. The highest BCUT2D eigenvalue weighted by Gasteiger charge is 2.13. The largest absolute Gasteiger partial charge is 0.348 e. The molecule has 0 unspecified atom stereocenters. The van der Waals surface area contributed by atoms with E-state index in [2.05, 4.69) is 20.3 Å². The molecule has 5 nitrogen and oxygen atoms in total. The molecule has 0 fully saturated rings. The zero-order valence-electron chi connectivity index (χ0n) is 12.5. The first-order chi connectivity index (χ1) is 10.5. The van der Waals surface area contributed by atoms with Crippen molar-refractivity contribution in [2.24, 2.45) is 0 Å². The third-order valence-electron chi connectivity index (χ3n) is 3.49. The van der Waals surface area contributed by atoms with Gasteiger partial charge in [-0.25, -0.2) is 14.4 Å². The lowest BCUT2D eigenvalue weighted by atomic mass is 10.1. The standard InChI is InChI=1S/C16H15FN4O/c1-8-4-15(16-9(2)18-7-19-16)21-13-6-12(17)14(5-11(8)13)20-10(3)22/h4-7H,1-3H3,(H,18,19)(H,20,22). The van der Waals surface area contributed by atoms with E-state index < -0.39 is 5.82 Å². The van der Waals surface area contributed by atoms with Crippen LogP contribution >= 0.6 is 0 Å². The van der Waals surface area contributed by atoms with E-state index in [0.717, 1.165) is 22.3 Å². The van der Waals surface area contributed by atoms with E-state index in [4.69, 9.17) is 0 Å². The number of carbonyl (C=O) groups excluding carboxylic acids is 1. The molecule has 2 N–H and O–H groups in total. The quantitative estimate of drug-likeness (QED) is 0.762. The van der Waals surface area contributed by atoms with Gasteiger partial charge in [0.2, 0.25) is 5.91 Å². The number of H-pyrrole nitrogens is 1. The van der Waals surface area contributed by atoms with E-state index in [0.29, 0.717) is 11.2 Å². The van der Waals surface area contributed by atoms with E-state index in [-0.39, 0.29) is 11.6 Å². The molecule has 22 heavy (non-hydrogen) atoms. The summed E-state index contributed by atoms with van der Waals surface area (Å²) in [6, 6.07) is 4.84. The molecule has 112 valence electrons. The number of fused-ring (bicyclic) bond motifs is 1. The van der Waals surface area contributed by atoms with Gasteiger partial charge in [-0.05, 0) is 31.5 Å². The van der Waals surface area contributed by atoms with Crippen LogP contribution in [-0.2, 0) is 4.79 Å². The van der Waals surface area contributed by atoms with E-state index in [9.17, 15) is 9.18 Å². The van der Waals surface area contributed by atoms with Gasteiger partial charge in [0.05, 0.1) is 23.2 Å². The van der Waals surface area contributed by atoms with Crippen LogP contribution in [0.4, 0.5) is 10.1 Å². The number of rotatable bonds is 2. The molecule has 3 rings (SSSR count). The Hall–Kier alpha value is -2.76. The van der Waals surface area contributed by atoms with Crippen molar-refractivity contribution in [1.82, 2.24) is 15.0 Å². The van der Waals surface area contributed by atoms with Crippen LogP contribution in [0.2, 0.25) is 0 Å². The smallest absolute Gasteiger partial charge is 0.221 e. The summed E-state index contributed by atoms with van der Waals surface area (Å²) < 4.78 is 14.1. The SMILES string of the molecule is CC(=O)Nc1cc2c(C)cc(-c3nc[nH]c3C)nc2cc1F. The summed E-state index contributed by atoms with van der Waals surface area (Å²) in [5, 5.41) is 3.28. The number of amides is 1. The molecule has 0 aliphatic rings. The summed E-state index contributed by atoms with van der Waals surface area (Å²) in [4.78, 5) is 22.9. The Morgan fingerprint density at radius 3 is 2.68 bits per heavy atom. The first-order valence-electron chi connectivity index (χ1n) is 6.84. The Morgan fingerprint density at radius 1 is 1.27 bits per heavy atom. The third-order valence-corrected chi connectivity index (χ3v) is 3.49. The van der Waals surface area contributed by atoms with Gasteiger partial charge in [-0.2, -0.15) is 0 Å². The van der Waals surface area contributed by atoms with Crippen LogP contribution in [0.25, 0.3) is 22.3 Å². The van der Waals surface area contributed by atoms with Crippen LogP contribution in [0.15, 0.2) is 24.5 Å².